The second kappa shape index (κ2) is 6.13. The maximum absolute atomic E-state index is 12.3. The van der Waals surface area contributed by atoms with Crippen molar-refractivity contribution in [3.05, 3.63) is 52.7 Å². The van der Waals surface area contributed by atoms with Gasteiger partial charge in [-0.3, -0.25) is 4.72 Å². The van der Waals surface area contributed by atoms with Crippen LogP contribution in [0.25, 0.3) is 10.8 Å². The van der Waals surface area contributed by atoms with Gasteiger partial charge in [0.25, 0.3) is 5.89 Å². The van der Waals surface area contributed by atoms with Crippen molar-refractivity contribution < 1.29 is 12.8 Å². The number of aryl methyl sites for hydroxylation is 2. The number of nitrogens with one attached hydrogen (secondary N) is 1. The third kappa shape index (κ3) is 3.77. The smallest absolute Gasteiger partial charge is 0.257 e. The van der Waals surface area contributed by atoms with E-state index >= 15 is 0 Å². The third-order valence-corrected chi connectivity index (χ3v) is 5.40. The summed E-state index contributed by atoms with van der Waals surface area (Å²) in [7, 11) is -3.48. The number of rotatable bonds is 5. The molecule has 0 saturated carbocycles. The predicted molar refractivity (Wildman–Crippen MR) is 89.8 cm³/mol. The second-order valence-corrected chi connectivity index (χ2v) is 8.03. The molecule has 2 heterocycles. The van der Waals surface area contributed by atoms with Gasteiger partial charge in [-0.05, 0) is 18.6 Å². The Hall–Kier alpha value is -2.19. The van der Waals surface area contributed by atoms with E-state index in [2.05, 4.69) is 14.9 Å². The maximum atomic E-state index is 12.3. The summed E-state index contributed by atoms with van der Waals surface area (Å²) in [5.41, 5.74) is 1.28. The molecule has 0 bridgehead atoms. The Morgan fingerprint density at radius 3 is 2.57 bits per heavy atom. The zero-order chi connectivity index (χ0) is 16.4. The minimum absolute atomic E-state index is 0.0713. The molecule has 23 heavy (non-hydrogen) atoms. The molecule has 1 aromatic carbocycles. The van der Waals surface area contributed by atoms with Crippen molar-refractivity contribution in [3.63, 3.8) is 0 Å². The molecule has 0 aliphatic heterocycles. The van der Waals surface area contributed by atoms with Crippen LogP contribution in [0.3, 0.4) is 0 Å². The average Bonchev–Trinajstić information content (AvgIpc) is 3.06. The van der Waals surface area contributed by atoms with Gasteiger partial charge in [0.05, 0.1) is 16.3 Å². The lowest BCUT2D eigenvalue weighted by Gasteiger charge is -2.07. The van der Waals surface area contributed by atoms with Gasteiger partial charge in [-0.1, -0.05) is 30.3 Å². The molecule has 0 fully saturated rings. The molecule has 2 aromatic heterocycles. The molecule has 6 nitrogen and oxygen atoms in total. The quantitative estimate of drug-likeness (QED) is 0.763. The highest BCUT2D eigenvalue weighted by Crippen LogP contribution is 2.34. The Bertz CT molecular complexity index is 915. The lowest BCUT2D eigenvalue weighted by Crippen LogP contribution is -2.15. The Kier molecular flexibility index (Phi) is 4.18. The molecule has 1 N–H and O–H groups in total. The van der Waals surface area contributed by atoms with Crippen LogP contribution in [0.1, 0.15) is 16.3 Å². The number of hydrogen-bond acceptors (Lipinski definition) is 6. The molecule has 0 aliphatic carbocycles. The van der Waals surface area contributed by atoms with Crippen LogP contribution >= 0.6 is 11.3 Å². The van der Waals surface area contributed by atoms with Crippen molar-refractivity contribution in [2.45, 2.75) is 19.6 Å². The SMILES string of the molecule is Cc1nnc(-c2cc(NS(=O)(=O)Cc3ccccc3)c(C)s2)o1. The van der Waals surface area contributed by atoms with E-state index in [9.17, 15) is 8.42 Å². The van der Waals surface area contributed by atoms with E-state index in [1.165, 1.54) is 11.3 Å². The Labute approximate surface area is 138 Å². The topological polar surface area (TPSA) is 85.1 Å². The number of thiophene rings is 1. The van der Waals surface area contributed by atoms with Gasteiger partial charge >= 0.3 is 0 Å². The fraction of sp³-hybridized carbons (Fsp3) is 0.200. The van der Waals surface area contributed by atoms with Gasteiger partial charge in [0.2, 0.25) is 15.9 Å². The molecule has 8 heteroatoms. The summed E-state index contributed by atoms with van der Waals surface area (Å²) in [6.07, 6.45) is 0. The summed E-state index contributed by atoms with van der Waals surface area (Å²) in [5.74, 6) is 0.791. The van der Waals surface area contributed by atoms with Crippen molar-refractivity contribution >= 4 is 27.0 Å². The lowest BCUT2D eigenvalue weighted by molar-refractivity contribution is 0.534. The van der Waals surface area contributed by atoms with Crippen LogP contribution in [0.5, 0.6) is 0 Å². The molecule has 0 unspecified atom stereocenters. The van der Waals surface area contributed by atoms with Gasteiger partial charge in [0.15, 0.2) is 0 Å². The Morgan fingerprint density at radius 1 is 1.17 bits per heavy atom. The summed E-state index contributed by atoms with van der Waals surface area (Å²) in [6, 6.07) is 10.8. The van der Waals surface area contributed by atoms with Crippen molar-refractivity contribution in [1.29, 1.82) is 0 Å². The minimum Gasteiger partial charge on any atom is -0.420 e. The number of aromatic nitrogens is 2. The van der Waals surface area contributed by atoms with Gasteiger partial charge in [0, 0.05) is 11.8 Å². The van der Waals surface area contributed by atoms with Crippen molar-refractivity contribution in [2.24, 2.45) is 0 Å². The minimum atomic E-state index is -3.48. The van der Waals surface area contributed by atoms with Crippen molar-refractivity contribution in [3.8, 4) is 10.8 Å². The fourth-order valence-corrected chi connectivity index (χ4v) is 4.29. The number of sulfonamides is 1. The predicted octanol–water partition coefficient (Wildman–Crippen LogP) is 3.36. The molecule has 0 spiro atoms. The first-order chi connectivity index (χ1) is 10.9. The van der Waals surface area contributed by atoms with E-state index < -0.39 is 10.0 Å². The highest BCUT2D eigenvalue weighted by Gasteiger charge is 2.17. The molecular formula is C15H15N3O3S2. The second-order valence-electron chi connectivity index (χ2n) is 5.05. The zero-order valence-electron chi connectivity index (χ0n) is 12.6. The monoisotopic (exact) mass is 349 g/mol. The molecule has 0 amide bonds. The maximum Gasteiger partial charge on any atom is 0.257 e. The Morgan fingerprint density at radius 2 is 1.91 bits per heavy atom. The molecule has 0 saturated heterocycles. The summed E-state index contributed by atoms with van der Waals surface area (Å²) in [6.45, 7) is 3.55. The van der Waals surface area contributed by atoms with Crippen LogP contribution in [0.4, 0.5) is 5.69 Å². The summed E-state index contributed by atoms with van der Waals surface area (Å²) in [4.78, 5) is 1.58. The van der Waals surface area contributed by atoms with Gasteiger partial charge in [-0.15, -0.1) is 21.5 Å². The van der Waals surface area contributed by atoms with Crippen LogP contribution in [0.2, 0.25) is 0 Å². The van der Waals surface area contributed by atoms with E-state index in [-0.39, 0.29) is 5.75 Å². The van der Waals surface area contributed by atoms with Crippen LogP contribution < -0.4 is 4.72 Å². The average molecular weight is 349 g/mol. The summed E-state index contributed by atoms with van der Waals surface area (Å²) < 4.78 is 32.6. The summed E-state index contributed by atoms with van der Waals surface area (Å²) in [5, 5.41) is 7.73. The normalized spacial score (nSPS) is 11.6. The number of hydrogen-bond donors (Lipinski definition) is 1. The number of anilines is 1. The molecule has 0 aliphatic rings. The third-order valence-electron chi connectivity index (χ3n) is 3.12. The van der Waals surface area contributed by atoms with E-state index in [1.807, 2.05) is 25.1 Å². The van der Waals surface area contributed by atoms with Gasteiger partial charge in [-0.25, -0.2) is 8.42 Å². The van der Waals surface area contributed by atoms with Crippen LogP contribution in [-0.4, -0.2) is 18.6 Å². The zero-order valence-corrected chi connectivity index (χ0v) is 14.2. The highest BCUT2D eigenvalue weighted by atomic mass is 32.2. The molecule has 120 valence electrons. The van der Waals surface area contributed by atoms with Crippen molar-refractivity contribution in [1.82, 2.24) is 10.2 Å². The summed E-state index contributed by atoms with van der Waals surface area (Å²) >= 11 is 1.40. The first-order valence-corrected chi connectivity index (χ1v) is 9.35. The van der Waals surface area contributed by atoms with E-state index in [0.717, 1.165) is 15.3 Å². The fourth-order valence-electron chi connectivity index (χ4n) is 2.08. The van der Waals surface area contributed by atoms with Gasteiger partial charge in [0.1, 0.15) is 0 Å². The molecule has 0 radical (unpaired) electrons. The van der Waals surface area contributed by atoms with E-state index in [1.54, 1.807) is 25.1 Å². The first-order valence-electron chi connectivity index (χ1n) is 6.88. The lowest BCUT2D eigenvalue weighted by atomic mass is 10.2. The highest BCUT2D eigenvalue weighted by molar-refractivity contribution is 7.91. The van der Waals surface area contributed by atoms with Gasteiger partial charge < -0.3 is 4.42 Å². The van der Waals surface area contributed by atoms with Crippen LogP contribution in [-0.2, 0) is 15.8 Å². The van der Waals surface area contributed by atoms with Gasteiger partial charge in [-0.2, -0.15) is 0 Å². The van der Waals surface area contributed by atoms with Crippen LogP contribution in [0, 0.1) is 13.8 Å². The van der Waals surface area contributed by atoms with E-state index in [0.29, 0.717) is 17.5 Å². The van der Waals surface area contributed by atoms with Crippen LogP contribution in [0.15, 0.2) is 40.8 Å². The van der Waals surface area contributed by atoms with Crippen molar-refractivity contribution in [2.75, 3.05) is 4.72 Å². The Balaban J connectivity index is 1.81. The molecule has 0 atom stereocenters. The molecular weight excluding hydrogens is 334 g/mol. The largest absolute Gasteiger partial charge is 0.420 e. The van der Waals surface area contributed by atoms with E-state index in [4.69, 9.17) is 4.42 Å². The molecule has 3 rings (SSSR count). The molecule has 3 aromatic rings. The number of benzene rings is 1. The number of nitrogens with zero attached hydrogens (tertiary/aromatic N) is 2. The standard InChI is InChI=1S/C15H15N3O3S2/c1-10-13(8-14(22-10)15-17-16-11(2)21-15)18-23(19,20)9-12-6-4-3-5-7-12/h3-8,18H,9H2,1-2H3. The first kappa shape index (κ1) is 15.7.